The average molecular weight is 378 g/mol. The van der Waals surface area contributed by atoms with Gasteiger partial charge in [0.05, 0.1) is 18.6 Å². The van der Waals surface area contributed by atoms with E-state index in [-0.39, 0.29) is 5.91 Å². The molecule has 2 rings (SSSR count). The number of carbonyl (C=O) groups excluding carboxylic acids is 1. The second-order valence-corrected chi connectivity index (χ2v) is 7.15. The van der Waals surface area contributed by atoms with E-state index in [0.29, 0.717) is 40.3 Å². The number of methoxy groups -OCH3 is 1. The van der Waals surface area contributed by atoms with Crippen LogP contribution in [0.3, 0.4) is 0 Å². The number of thiocarbonyl (C=S) groups is 1. The number of ether oxygens (including phenoxy) is 2. The van der Waals surface area contributed by atoms with E-state index < -0.39 is 0 Å². The minimum atomic E-state index is -0.0316. The lowest BCUT2D eigenvalue weighted by Crippen LogP contribution is -2.28. The Bertz CT molecular complexity index is 713. The summed E-state index contributed by atoms with van der Waals surface area (Å²) < 4.78 is 11.8. The standard InChI is InChI=1S/C19H23NO3S2/c1-5-8-14-10-13(11-15(23-7-3)17(14)22-4)12-16-18(21)20(9-6-2)19(24)25-16/h5,10-12H,1,6-9H2,2-4H3/b16-12-. The third-order valence-corrected chi connectivity index (χ3v) is 5.02. The molecule has 6 heteroatoms. The Balaban J connectivity index is 2.43. The third-order valence-electron chi connectivity index (χ3n) is 3.64. The Hall–Kier alpha value is -1.79. The van der Waals surface area contributed by atoms with Crippen molar-refractivity contribution in [2.45, 2.75) is 26.7 Å². The second-order valence-electron chi connectivity index (χ2n) is 5.47. The van der Waals surface area contributed by atoms with Gasteiger partial charge in [0.25, 0.3) is 5.91 Å². The number of hydrogen-bond donors (Lipinski definition) is 0. The van der Waals surface area contributed by atoms with Crippen molar-refractivity contribution in [1.82, 2.24) is 4.90 Å². The molecule has 0 aromatic heterocycles. The van der Waals surface area contributed by atoms with Gasteiger partial charge < -0.3 is 9.47 Å². The molecule has 1 aliphatic rings. The Morgan fingerprint density at radius 2 is 2.12 bits per heavy atom. The van der Waals surface area contributed by atoms with E-state index in [9.17, 15) is 4.79 Å². The first-order valence-electron chi connectivity index (χ1n) is 8.25. The van der Waals surface area contributed by atoms with E-state index in [2.05, 4.69) is 6.58 Å². The number of carbonyl (C=O) groups is 1. The summed E-state index contributed by atoms with van der Waals surface area (Å²) in [5.41, 5.74) is 1.86. The number of thioether (sulfide) groups is 1. The zero-order valence-electron chi connectivity index (χ0n) is 14.8. The Labute approximate surface area is 158 Å². The van der Waals surface area contributed by atoms with Crippen LogP contribution in [0.25, 0.3) is 6.08 Å². The highest BCUT2D eigenvalue weighted by Crippen LogP contribution is 2.37. The van der Waals surface area contributed by atoms with Crippen LogP contribution in [-0.4, -0.2) is 35.4 Å². The van der Waals surface area contributed by atoms with E-state index in [0.717, 1.165) is 17.5 Å². The van der Waals surface area contributed by atoms with Crippen LogP contribution in [0.2, 0.25) is 0 Å². The maximum atomic E-state index is 12.5. The fourth-order valence-electron chi connectivity index (χ4n) is 2.64. The first-order chi connectivity index (χ1) is 12.0. The van der Waals surface area contributed by atoms with Gasteiger partial charge in [0.1, 0.15) is 4.32 Å². The maximum Gasteiger partial charge on any atom is 0.266 e. The van der Waals surface area contributed by atoms with Crippen LogP contribution in [0.1, 0.15) is 31.4 Å². The van der Waals surface area contributed by atoms with E-state index >= 15 is 0 Å². The molecule has 1 fully saturated rings. The van der Waals surface area contributed by atoms with Gasteiger partial charge in [-0.1, -0.05) is 37.0 Å². The number of allylic oxidation sites excluding steroid dienone is 1. The van der Waals surface area contributed by atoms with Crippen molar-refractivity contribution in [1.29, 1.82) is 0 Å². The van der Waals surface area contributed by atoms with Crippen LogP contribution in [0, 0.1) is 0 Å². The highest BCUT2D eigenvalue weighted by atomic mass is 32.2. The molecular weight excluding hydrogens is 354 g/mol. The molecule has 0 bridgehead atoms. The quantitative estimate of drug-likeness (QED) is 0.381. The molecule has 1 aromatic carbocycles. The molecule has 1 heterocycles. The lowest BCUT2D eigenvalue weighted by molar-refractivity contribution is -0.122. The van der Waals surface area contributed by atoms with Gasteiger partial charge in [-0.25, -0.2) is 0 Å². The molecule has 0 spiro atoms. The highest BCUT2D eigenvalue weighted by molar-refractivity contribution is 8.26. The summed E-state index contributed by atoms with van der Waals surface area (Å²) in [4.78, 5) is 14.8. The summed E-state index contributed by atoms with van der Waals surface area (Å²) >= 11 is 6.66. The molecule has 1 amide bonds. The van der Waals surface area contributed by atoms with Gasteiger partial charge in [-0.15, -0.1) is 6.58 Å². The predicted octanol–water partition coefficient (Wildman–Crippen LogP) is 4.43. The van der Waals surface area contributed by atoms with Gasteiger partial charge in [0.2, 0.25) is 0 Å². The minimum Gasteiger partial charge on any atom is -0.493 e. The molecule has 134 valence electrons. The minimum absolute atomic E-state index is 0.0316. The van der Waals surface area contributed by atoms with Crippen molar-refractivity contribution < 1.29 is 14.3 Å². The summed E-state index contributed by atoms with van der Waals surface area (Å²) in [6, 6.07) is 3.89. The van der Waals surface area contributed by atoms with E-state index in [1.807, 2.05) is 38.1 Å². The van der Waals surface area contributed by atoms with Gasteiger partial charge in [-0.3, -0.25) is 9.69 Å². The molecule has 1 aliphatic heterocycles. The predicted molar refractivity (Wildman–Crippen MR) is 108 cm³/mol. The zero-order chi connectivity index (χ0) is 18.4. The van der Waals surface area contributed by atoms with Gasteiger partial charge >= 0.3 is 0 Å². The topological polar surface area (TPSA) is 38.8 Å². The number of amides is 1. The SMILES string of the molecule is C=CCc1cc(/C=C2\SC(=S)N(CCC)C2=O)cc(OCC)c1OC. The van der Waals surface area contributed by atoms with Crippen molar-refractivity contribution in [2.75, 3.05) is 20.3 Å². The van der Waals surface area contributed by atoms with Crippen molar-refractivity contribution >= 4 is 40.3 Å². The zero-order valence-corrected chi connectivity index (χ0v) is 16.5. The van der Waals surface area contributed by atoms with Crippen molar-refractivity contribution in [3.8, 4) is 11.5 Å². The summed E-state index contributed by atoms with van der Waals surface area (Å²) in [7, 11) is 1.62. The van der Waals surface area contributed by atoms with Crippen LogP contribution < -0.4 is 9.47 Å². The van der Waals surface area contributed by atoms with Gasteiger partial charge in [0, 0.05) is 12.1 Å². The molecule has 0 aliphatic carbocycles. The Morgan fingerprint density at radius 3 is 2.72 bits per heavy atom. The summed E-state index contributed by atoms with van der Waals surface area (Å²) in [5, 5.41) is 0. The van der Waals surface area contributed by atoms with Gasteiger partial charge in [0.15, 0.2) is 11.5 Å². The highest BCUT2D eigenvalue weighted by Gasteiger charge is 2.31. The van der Waals surface area contributed by atoms with Crippen molar-refractivity contribution in [3.05, 3.63) is 40.8 Å². The molecule has 0 N–H and O–H groups in total. The fraction of sp³-hybridized carbons (Fsp3) is 0.368. The number of rotatable bonds is 8. The van der Waals surface area contributed by atoms with E-state index in [1.54, 1.807) is 12.0 Å². The molecule has 0 atom stereocenters. The summed E-state index contributed by atoms with van der Waals surface area (Å²) in [5.74, 6) is 1.34. The van der Waals surface area contributed by atoms with E-state index in [1.165, 1.54) is 11.8 Å². The Morgan fingerprint density at radius 1 is 1.36 bits per heavy atom. The maximum absolute atomic E-state index is 12.5. The Kier molecular flexibility index (Phi) is 7.08. The van der Waals surface area contributed by atoms with Crippen LogP contribution in [0.15, 0.2) is 29.7 Å². The molecule has 0 unspecified atom stereocenters. The monoisotopic (exact) mass is 377 g/mol. The second kappa shape index (κ2) is 9.06. The van der Waals surface area contributed by atoms with Gasteiger partial charge in [-0.2, -0.15) is 0 Å². The lowest BCUT2D eigenvalue weighted by atomic mass is 10.0. The van der Waals surface area contributed by atoms with Gasteiger partial charge in [-0.05, 0) is 43.5 Å². The van der Waals surface area contributed by atoms with Crippen molar-refractivity contribution in [3.63, 3.8) is 0 Å². The molecule has 4 nitrogen and oxygen atoms in total. The molecule has 25 heavy (non-hydrogen) atoms. The number of hydrogen-bond acceptors (Lipinski definition) is 5. The molecule has 1 aromatic rings. The molecular formula is C19H23NO3S2. The first kappa shape index (κ1) is 19.5. The van der Waals surface area contributed by atoms with Crippen LogP contribution in [0.4, 0.5) is 0 Å². The molecule has 1 saturated heterocycles. The smallest absolute Gasteiger partial charge is 0.266 e. The van der Waals surface area contributed by atoms with Crippen molar-refractivity contribution in [2.24, 2.45) is 0 Å². The lowest BCUT2D eigenvalue weighted by Gasteiger charge is -2.14. The third kappa shape index (κ3) is 4.44. The average Bonchev–Trinajstić information content (AvgIpc) is 2.83. The summed E-state index contributed by atoms with van der Waals surface area (Å²) in [6.45, 7) is 8.94. The number of benzene rings is 1. The first-order valence-corrected chi connectivity index (χ1v) is 9.48. The molecule has 0 saturated carbocycles. The largest absolute Gasteiger partial charge is 0.493 e. The van der Waals surface area contributed by atoms with E-state index in [4.69, 9.17) is 21.7 Å². The normalized spacial score (nSPS) is 15.8. The van der Waals surface area contributed by atoms with Crippen LogP contribution in [0.5, 0.6) is 11.5 Å². The fourth-order valence-corrected chi connectivity index (χ4v) is 3.94. The summed E-state index contributed by atoms with van der Waals surface area (Å²) in [6.07, 6.45) is 5.21. The number of nitrogens with zero attached hydrogens (tertiary/aromatic N) is 1. The van der Waals surface area contributed by atoms with Crippen LogP contribution >= 0.6 is 24.0 Å². The van der Waals surface area contributed by atoms with Crippen LogP contribution in [-0.2, 0) is 11.2 Å². The molecule has 0 radical (unpaired) electrons.